The molecule has 1 unspecified atom stereocenters. The molecule has 1 heterocycles. The van der Waals surface area contributed by atoms with Crippen molar-refractivity contribution in [3.05, 3.63) is 88.7 Å². The summed E-state index contributed by atoms with van der Waals surface area (Å²) in [6.07, 6.45) is 3.29. The number of aliphatic hydroxyl groups is 1. The Balaban J connectivity index is 1.34. The van der Waals surface area contributed by atoms with Gasteiger partial charge in [-0.25, -0.2) is 4.79 Å². The first-order valence-corrected chi connectivity index (χ1v) is 10.3. The fraction of sp³-hybridized carbons (Fsp3) is 0.250. The number of benzene rings is 2. The molecule has 0 saturated heterocycles. The number of hydrogen-bond acceptors (Lipinski definition) is 4. The fourth-order valence-electron chi connectivity index (χ4n) is 3.96. The highest BCUT2D eigenvalue weighted by Gasteiger charge is 2.29. The molecule has 0 radical (unpaired) electrons. The number of carbonyl (C=O) groups excluding carboxylic acids is 1. The third-order valence-electron chi connectivity index (χ3n) is 5.50. The van der Waals surface area contributed by atoms with Gasteiger partial charge in [-0.2, -0.15) is 0 Å². The SMILES string of the molecule is O=C(NCC(CO)Cc1ccncc1Cl)OCC1c2ccccc2-c2ccccc21. The number of ether oxygens (including phenoxy) is 1. The van der Waals surface area contributed by atoms with Gasteiger partial charge in [-0.3, -0.25) is 4.98 Å². The Morgan fingerprint density at radius 1 is 1.10 bits per heavy atom. The van der Waals surface area contributed by atoms with Crippen LogP contribution in [0.25, 0.3) is 11.1 Å². The Morgan fingerprint density at radius 2 is 1.77 bits per heavy atom. The average molecular weight is 423 g/mol. The zero-order valence-electron chi connectivity index (χ0n) is 16.4. The van der Waals surface area contributed by atoms with Crippen LogP contribution in [0.5, 0.6) is 0 Å². The standard InChI is InChI=1S/C24H23ClN2O3/c25-23-13-26-10-9-17(23)11-16(14-28)12-27-24(29)30-15-22-20-7-3-1-5-18(20)19-6-2-4-8-21(19)22/h1-10,13,16,22,28H,11-12,14-15H2,(H,27,29). The summed E-state index contributed by atoms with van der Waals surface area (Å²) in [7, 11) is 0. The Bertz CT molecular complexity index is 995. The highest BCUT2D eigenvalue weighted by molar-refractivity contribution is 6.31. The number of halogens is 1. The predicted octanol–water partition coefficient (Wildman–Crippen LogP) is 4.42. The monoisotopic (exact) mass is 422 g/mol. The minimum absolute atomic E-state index is 0.0208. The number of carbonyl (C=O) groups is 1. The summed E-state index contributed by atoms with van der Waals surface area (Å²) in [6.45, 7) is 0.494. The summed E-state index contributed by atoms with van der Waals surface area (Å²) >= 11 is 6.14. The summed E-state index contributed by atoms with van der Waals surface area (Å²) in [6, 6.07) is 18.3. The van der Waals surface area contributed by atoms with Crippen molar-refractivity contribution in [1.29, 1.82) is 0 Å². The Hall–Kier alpha value is -2.89. The number of alkyl carbamates (subject to hydrolysis) is 1. The largest absolute Gasteiger partial charge is 0.449 e. The first kappa shape index (κ1) is 20.4. The van der Waals surface area contributed by atoms with Gasteiger partial charge in [0.15, 0.2) is 0 Å². The van der Waals surface area contributed by atoms with Crippen LogP contribution in [-0.4, -0.2) is 35.9 Å². The molecule has 2 N–H and O–H groups in total. The zero-order chi connectivity index (χ0) is 20.9. The second kappa shape index (κ2) is 9.28. The Labute approximate surface area is 180 Å². The molecule has 1 aliphatic rings. The quantitative estimate of drug-likeness (QED) is 0.591. The van der Waals surface area contributed by atoms with E-state index in [1.807, 2.05) is 30.3 Å². The minimum Gasteiger partial charge on any atom is -0.449 e. The van der Waals surface area contributed by atoms with Crippen LogP contribution < -0.4 is 5.32 Å². The number of rotatable bonds is 7. The number of amides is 1. The van der Waals surface area contributed by atoms with Crippen molar-refractivity contribution in [3.8, 4) is 11.1 Å². The van der Waals surface area contributed by atoms with E-state index in [4.69, 9.17) is 16.3 Å². The first-order chi connectivity index (χ1) is 14.7. The van der Waals surface area contributed by atoms with Crippen LogP contribution >= 0.6 is 11.6 Å². The van der Waals surface area contributed by atoms with Crippen molar-refractivity contribution in [2.75, 3.05) is 19.8 Å². The normalized spacial score (nSPS) is 13.4. The number of hydrogen-bond donors (Lipinski definition) is 2. The topological polar surface area (TPSA) is 71.5 Å². The molecule has 0 fully saturated rings. The lowest BCUT2D eigenvalue weighted by molar-refractivity contribution is 0.138. The van der Waals surface area contributed by atoms with Gasteiger partial charge in [0.2, 0.25) is 0 Å². The molecule has 1 aliphatic carbocycles. The van der Waals surface area contributed by atoms with E-state index in [0.717, 1.165) is 5.56 Å². The van der Waals surface area contributed by atoms with E-state index in [1.54, 1.807) is 12.4 Å². The predicted molar refractivity (Wildman–Crippen MR) is 117 cm³/mol. The van der Waals surface area contributed by atoms with E-state index in [-0.39, 0.29) is 25.0 Å². The van der Waals surface area contributed by atoms with Crippen LogP contribution in [0.3, 0.4) is 0 Å². The third-order valence-corrected chi connectivity index (χ3v) is 5.84. The molecule has 0 bridgehead atoms. The minimum atomic E-state index is -0.490. The maximum absolute atomic E-state index is 12.3. The number of aliphatic hydroxyl groups excluding tert-OH is 1. The second-order valence-corrected chi connectivity index (χ2v) is 7.83. The van der Waals surface area contributed by atoms with Crippen LogP contribution in [0.2, 0.25) is 5.02 Å². The van der Waals surface area contributed by atoms with E-state index in [0.29, 0.717) is 18.0 Å². The lowest BCUT2D eigenvalue weighted by Gasteiger charge is -2.17. The molecule has 0 saturated carbocycles. The molecule has 1 aromatic heterocycles. The number of pyridine rings is 1. The van der Waals surface area contributed by atoms with E-state index in [1.165, 1.54) is 22.3 Å². The van der Waals surface area contributed by atoms with Gasteiger partial charge in [-0.15, -0.1) is 0 Å². The summed E-state index contributed by atoms with van der Waals surface area (Å²) < 4.78 is 5.54. The Morgan fingerprint density at radius 3 is 2.40 bits per heavy atom. The summed E-state index contributed by atoms with van der Waals surface area (Å²) in [5.41, 5.74) is 5.62. The molecule has 0 spiro atoms. The molecule has 154 valence electrons. The van der Waals surface area contributed by atoms with Gasteiger partial charge in [0, 0.05) is 37.4 Å². The van der Waals surface area contributed by atoms with Gasteiger partial charge in [-0.1, -0.05) is 60.1 Å². The summed E-state index contributed by atoms with van der Waals surface area (Å²) in [5, 5.41) is 13.0. The van der Waals surface area contributed by atoms with Gasteiger partial charge in [0.05, 0.1) is 5.02 Å². The van der Waals surface area contributed by atoms with Gasteiger partial charge >= 0.3 is 6.09 Å². The zero-order valence-corrected chi connectivity index (χ0v) is 17.2. The molecule has 5 nitrogen and oxygen atoms in total. The van der Waals surface area contributed by atoms with Crippen molar-refractivity contribution in [3.63, 3.8) is 0 Å². The van der Waals surface area contributed by atoms with Gasteiger partial charge in [-0.05, 0) is 40.3 Å². The van der Waals surface area contributed by atoms with Crippen molar-refractivity contribution in [1.82, 2.24) is 10.3 Å². The van der Waals surface area contributed by atoms with Gasteiger partial charge < -0.3 is 15.2 Å². The highest BCUT2D eigenvalue weighted by Crippen LogP contribution is 2.44. The van der Waals surface area contributed by atoms with Crippen molar-refractivity contribution >= 4 is 17.7 Å². The number of nitrogens with zero attached hydrogens (tertiary/aromatic N) is 1. The van der Waals surface area contributed by atoms with Crippen LogP contribution in [0.4, 0.5) is 4.79 Å². The Kier molecular flexibility index (Phi) is 6.31. The summed E-state index contributed by atoms with van der Waals surface area (Å²) in [5.74, 6) is -0.141. The van der Waals surface area contributed by atoms with E-state index >= 15 is 0 Å². The number of aromatic nitrogens is 1. The molecular weight excluding hydrogens is 400 g/mol. The molecule has 2 aromatic carbocycles. The van der Waals surface area contributed by atoms with E-state index in [9.17, 15) is 9.90 Å². The molecule has 1 atom stereocenters. The molecule has 4 rings (SSSR count). The maximum atomic E-state index is 12.3. The highest BCUT2D eigenvalue weighted by atomic mass is 35.5. The molecule has 1 amide bonds. The lowest BCUT2D eigenvalue weighted by Crippen LogP contribution is -2.33. The summed E-state index contributed by atoms with van der Waals surface area (Å²) in [4.78, 5) is 16.3. The first-order valence-electron chi connectivity index (χ1n) is 9.95. The maximum Gasteiger partial charge on any atom is 0.407 e. The van der Waals surface area contributed by atoms with Crippen LogP contribution in [0.1, 0.15) is 22.6 Å². The van der Waals surface area contributed by atoms with Gasteiger partial charge in [0.25, 0.3) is 0 Å². The van der Waals surface area contributed by atoms with Crippen LogP contribution in [0.15, 0.2) is 67.0 Å². The average Bonchev–Trinajstić information content (AvgIpc) is 3.10. The van der Waals surface area contributed by atoms with Crippen molar-refractivity contribution in [2.24, 2.45) is 5.92 Å². The smallest absolute Gasteiger partial charge is 0.407 e. The molecule has 0 aliphatic heterocycles. The van der Waals surface area contributed by atoms with E-state index < -0.39 is 6.09 Å². The lowest BCUT2D eigenvalue weighted by atomic mass is 9.98. The van der Waals surface area contributed by atoms with Crippen molar-refractivity contribution in [2.45, 2.75) is 12.3 Å². The number of nitrogens with one attached hydrogen (secondary N) is 1. The van der Waals surface area contributed by atoms with Crippen LogP contribution in [-0.2, 0) is 11.2 Å². The molecular formula is C24H23ClN2O3. The number of fused-ring (bicyclic) bond motifs is 3. The van der Waals surface area contributed by atoms with E-state index in [2.05, 4.69) is 34.6 Å². The molecule has 30 heavy (non-hydrogen) atoms. The molecule has 3 aromatic rings. The fourth-order valence-corrected chi connectivity index (χ4v) is 4.16. The second-order valence-electron chi connectivity index (χ2n) is 7.43. The van der Waals surface area contributed by atoms with Crippen molar-refractivity contribution < 1.29 is 14.6 Å². The van der Waals surface area contributed by atoms with Crippen LogP contribution in [0, 0.1) is 5.92 Å². The van der Waals surface area contributed by atoms with Gasteiger partial charge in [0.1, 0.15) is 6.61 Å². The third kappa shape index (κ3) is 4.32. The molecule has 6 heteroatoms.